The van der Waals surface area contributed by atoms with Gasteiger partial charge in [-0.05, 0) is 51.9 Å². The van der Waals surface area contributed by atoms with Crippen molar-refractivity contribution < 1.29 is 4.79 Å². The van der Waals surface area contributed by atoms with Gasteiger partial charge in [0.2, 0.25) is 5.91 Å². The Labute approximate surface area is 129 Å². The van der Waals surface area contributed by atoms with Crippen molar-refractivity contribution in [3.63, 3.8) is 0 Å². The molecule has 1 aromatic carbocycles. The number of fused-ring (bicyclic) bond motifs is 1. The molecule has 3 rings (SSSR count). The number of amides is 1. The predicted molar refractivity (Wildman–Crippen MR) is 87.7 cm³/mol. The Morgan fingerprint density at radius 1 is 1.33 bits per heavy atom. The van der Waals surface area contributed by atoms with E-state index in [0.717, 1.165) is 36.1 Å². The molecule has 1 aromatic heterocycles. The number of thiazole rings is 1. The van der Waals surface area contributed by atoms with Crippen molar-refractivity contribution in [1.29, 1.82) is 0 Å². The summed E-state index contributed by atoms with van der Waals surface area (Å²) in [6, 6.07) is 8.54. The summed E-state index contributed by atoms with van der Waals surface area (Å²) in [5.41, 5.74) is 0.951. The summed E-state index contributed by atoms with van der Waals surface area (Å²) in [6.07, 6.45) is 1.88. The first-order valence-corrected chi connectivity index (χ1v) is 8.35. The van der Waals surface area contributed by atoms with Gasteiger partial charge in [0.25, 0.3) is 0 Å². The molecule has 0 saturated carbocycles. The first-order chi connectivity index (χ1) is 10.1. The van der Waals surface area contributed by atoms with E-state index in [2.05, 4.69) is 29.0 Å². The molecule has 0 atom stereocenters. The van der Waals surface area contributed by atoms with Crippen molar-refractivity contribution in [2.75, 3.05) is 18.4 Å². The first kappa shape index (κ1) is 14.5. The minimum Gasteiger partial charge on any atom is -0.302 e. The van der Waals surface area contributed by atoms with Crippen LogP contribution in [0.1, 0.15) is 26.7 Å². The monoisotopic (exact) mass is 303 g/mol. The number of nitrogens with zero attached hydrogens (tertiary/aromatic N) is 2. The molecule has 112 valence electrons. The van der Waals surface area contributed by atoms with Crippen LogP contribution in [0.2, 0.25) is 0 Å². The van der Waals surface area contributed by atoms with Gasteiger partial charge in [0.05, 0.1) is 10.2 Å². The Bertz CT molecular complexity index is 596. The van der Waals surface area contributed by atoms with Crippen LogP contribution in [0, 0.1) is 5.92 Å². The lowest BCUT2D eigenvalue weighted by Gasteiger charge is -2.33. The van der Waals surface area contributed by atoms with E-state index in [9.17, 15) is 4.79 Å². The Morgan fingerprint density at radius 3 is 2.71 bits per heavy atom. The zero-order chi connectivity index (χ0) is 14.8. The Balaban J connectivity index is 1.61. The van der Waals surface area contributed by atoms with Crippen LogP contribution in [0.3, 0.4) is 0 Å². The molecule has 0 spiro atoms. The highest BCUT2D eigenvalue weighted by atomic mass is 32.1. The van der Waals surface area contributed by atoms with Crippen LogP contribution in [0.4, 0.5) is 5.13 Å². The van der Waals surface area contributed by atoms with Crippen molar-refractivity contribution in [2.24, 2.45) is 5.92 Å². The third kappa shape index (κ3) is 3.24. The topological polar surface area (TPSA) is 45.2 Å². The van der Waals surface area contributed by atoms with E-state index < -0.39 is 0 Å². The SMILES string of the molecule is CC(C)N1CCC(C(=O)Nc2nc3ccccc3s2)CC1. The molecule has 1 aliphatic heterocycles. The minimum atomic E-state index is 0.118. The van der Waals surface area contributed by atoms with Gasteiger partial charge in [-0.2, -0.15) is 0 Å². The van der Waals surface area contributed by atoms with Crippen molar-refractivity contribution in [3.05, 3.63) is 24.3 Å². The lowest BCUT2D eigenvalue weighted by atomic mass is 9.95. The highest BCUT2D eigenvalue weighted by molar-refractivity contribution is 7.22. The molecule has 2 heterocycles. The van der Waals surface area contributed by atoms with Crippen LogP contribution < -0.4 is 5.32 Å². The van der Waals surface area contributed by atoms with Gasteiger partial charge in [-0.1, -0.05) is 23.5 Å². The second kappa shape index (κ2) is 6.12. The average molecular weight is 303 g/mol. The summed E-state index contributed by atoms with van der Waals surface area (Å²) in [4.78, 5) is 19.3. The molecule has 0 radical (unpaired) electrons. The van der Waals surface area contributed by atoms with Gasteiger partial charge >= 0.3 is 0 Å². The molecule has 21 heavy (non-hydrogen) atoms. The number of benzene rings is 1. The summed E-state index contributed by atoms with van der Waals surface area (Å²) < 4.78 is 1.11. The van der Waals surface area contributed by atoms with Gasteiger partial charge in [-0.25, -0.2) is 4.98 Å². The molecule has 1 saturated heterocycles. The van der Waals surface area contributed by atoms with Crippen LogP contribution >= 0.6 is 11.3 Å². The molecular weight excluding hydrogens is 282 g/mol. The van der Waals surface area contributed by atoms with E-state index >= 15 is 0 Å². The minimum absolute atomic E-state index is 0.118. The van der Waals surface area contributed by atoms with E-state index in [4.69, 9.17) is 0 Å². The molecule has 0 unspecified atom stereocenters. The van der Waals surface area contributed by atoms with E-state index in [1.54, 1.807) is 11.3 Å². The molecule has 1 aliphatic rings. The number of carbonyl (C=O) groups is 1. The van der Waals surface area contributed by atoms with Crippen molar-refractivity contribution in [3.8, 4) is 0 Å². The number of aromatic nitrogens is 1. The number of piperidine rings is 1. The van der Waals surface area contributed by atoms with E-state index in [0.29, 0.717) is 11.2 Å². The normalized spacial score (nSPS) is 17.5. The van der Waals surface area contributed by atoms with Gasteiger partial charge in [-0.3, -0.25) is 4.79 Å². The number of hydrogen-bond acceptors (Lipinski definition) is 4. The fourth-order valence-corrected chi connectivity index (χ4v) is 3.68. The number of hydrogen-bond donors (Lipinski definition) is 1. The van der Waals surface area contributed by atoms with Crippen LogP contribution in [0.15, 0.2) is 24.3 Å². The third-order valence-corrected chi connectivity index (χ3v) is 5.11. The number of rotatable bonds is 3. The van der Waals surface area contributed by atoms with Crippen LogP contribution in [0.25, 0.3) is 10.2 Å². The van der Waals surface area contributed by atoms with Crippen molar-refractivity contribution in [2.45, 2.75) is 32.7 Å². The molecule has 2 aromatic rings. The second-order valence-corrected chi connectivity index (χ2v) is 6.91. The van der Waals surface area contributed by atoms with E-state index in [1.165, 1.54) is 0 Å². The van der Waals surface area contributed by atoms with Gasteiger partial charge in [0, 0.05) is 12.0 Å². The maximum atomic E-state index is 12.4. The fraction of sp³-hybridized carbons (Fsp3) is 0.500. The highest BCUT2D eigenvalue weighted by Gasteiger charge is 2.26. The summed E-state index contributed by atoms with van der Waals surface area (Å²) in [5.74, 6) is 0.240. The van der Waals surface area contributed by atoms with Crippen LogP contribution in [-0.2, 0) is 4.79 Å². The highest BCUT2D eigenvalue weighted by Crippen LogP contribution is 2.27. The fourth-order valence-electron chi connectivity index (χ4n) is 2.81. The van der Waals surface area contributed by atoms with Crippen molar-refractivity contribution in [1.82, 2.24) is 9.88 Å². The number of carbonyl (C=O) groups excluding carboxylic acids is 1. The molecule has 4 nitrogen and oxygen atoms in total. The first-order valence-electron chi connectivity index (χ1n) is 7.54. The quantitative estimate of drug-likeness (QED) is 0.945. The Morgan fingerprint density at radius 2 is 2.05 bits per heavy atom. The van der Waals surface area contributed by atoms with Gasteiger partial charge < -0.3 is 10.2 Å². The molecule has 0 aliphatic carbocycles. The summed E-state index contributed by atoms with van der Waals surface area (Å²) in [7, 11) is 0. The van der Waals surface area contributed by atoms with Crippen LogP contribution in [-0.4, -0.2) is 34.9 Å². The van der Waals surface area contributed by atoms with Gasteiger partial charge in [0.15, 0.2) is 5.13 Å². The predicted octanol–water partition coefficient (Wildman–Crippen LogP) is 3.36. The number of para-hydroxylation sites is 1. The molecular formula is C16H21N3OS. The number of likely N-dealkylation sites (tertiary alicyclic amines) is 1. The summed E-state index contributed by atoms with van der Waals surface area (Å²) in [5, 5.41) is 3.71. The van der Waals surface area contributed by atoms with Crippen molar-refractivity contribution >= 4 is 32.6 Å². The standard InChI is InChI=1S/C16H21N3OS/c1-11(2)19-9-7-12(8-10-19)15(20)18-16-17-13-5-3-4-6-14(13)21-16/h3-6,11-12H,7-10H2,1-2H3,(H,17,18,20). The van der Waals surface area contributed by atoms with E-state index in [1.807, 2.05) is 24.3 Å². The van der Waals surface area contributed by atoms with E-state index in [-0.39, 0.29) is 11.8 Å². The Kier molecular flexibility index (Phi) is 4.22. The zero-order valence-corrected chi connectivity index (χ0v) is 13.3. The maximum Gasteiger partial charge on any atom is 0.229 e. The number of anilines is 1. The third-order valence-electron chi connectivity index (χ3n) is 4.15. The summed E-state index contributed by atoms with van der Waals surface area (Å²) >= 11 is 1.54. The molecule has 5 heteroatoms. The lowest BCUT2D eigenvalue weighted by Crippen LogP contribution is -2.41. The number of nitrogens with one attached hydrogen (secondary N) is 1. The molecule has 0 bridgehead atoms. The zero-order valence-electron chi connectivity index (χ0n) is 12.5. The van der Waals surface area contributed by atoms with Crippen LogP contribution in [0.5, 0.6) is 0 Å². The lowest BCUT2D eigenvalue weighted by molar-refractivity contribution is -0.121. The Hall–Kier alpha value is -1.46. The molecule has 1 amide bonds. The largest absolute Gasteiger partial charge is 0.302 e. The smallest absolute Gasteiger partial charge is 0.229 e. The maximum absolute atomic E-state index is 12.4. The molecule has 1 fully saturated rings. The average Bonchev–Trinajstić information content (AvgIpc) is 2.89. The summed E-state index contributed by atoms with van der Waals surface area (Å²) in [6.45, 7) is 6.44. The second-order valence-electron chi connectivity index (χ2n) is 5.88. The van der Waals surface area contributed by atoms with Gasteiger partial charge in [0.1, 0.15) is 0 Å². The van der Waals surface area contributed by atoms with Gasteiger partial charge in [-0.15, -0.1) is 0 Å². The molecule has 1 N–H and O–H groups in total.